The Morgan fingerprint density at radius 3 is 2.05 bits per heavy atom. The average Bonchev–Trinajstić information content (AvgIpc) is 3.18. The number of hydrogen-bond acceptors (Lipinski definition) is 1. The summed E-state index contributed by atoms with van der Waals surface area (Å²) < 4.78 is 0. The van der Waals surface area contributed by atoms with Crippen LogP contribution in [0.25, 0.3) is 0 Å². The quantitative estimate of drug-likeness (QED) is 0.755. The van der Waals surface area contributed by atoms with Crippen molar-refractivity contribution < 1.29 is 0 Å². The van der Waals surface area contributed by atoms with Gasteiger partial charge in [-0.15, -0.1) is 0 Å². The van der Waals surface area contributed by atoms with Crippen LogP contribution in [0, 0.1) is 17.8 Å². The van der Waals surface area contributed by atoms with Crippen molar-refractivity contribution in [3.05, 3.63) is 35.4 Å². The lowest BCUT2D eigenvalue weighted by Gasteiger charge is -2.25. The van der Waals surface area contributed by atoms with Crippen LogP contribution in [0.5, 0.6) is 0 Å². The molecule has 0 spiro atoms. The van der Waals surface area contributed by atoms with E-state index in [1.807, 2.05) is 0 Å². The molecule has 0 bridgehead atoms. The Morgan fingerprint density at radius 1 is 1.00 bits per heavy atom. The van der Waals surface area contributed by atoms with Crippen LogP contribution in [0.4, 0.5) is 0 Å². The molecule has 1 aliphatic carbocycles. The van der Waals surface area contributed by atoms with Crippen molar-refractivity contribution in [3.63, 3.8) is 0 Å². The second-order valence-corrected chi connectivity index (χ2v) is 6.80. The SMILES string of the molecule is CC(C)C(CNCc1ccc(C2CC2)cc1)C(C)C. The average molecular weight is 259 g/mol. The summed E-state index contributed by atoms with van der Waals surface area (Å²) in [5.41, 5.74) is 2.95. The number of hydrogen-bond donors (Lipinski definition) is 1. The summed E-state index contributed by atoms with van der Waals surface area (Å²) in [6.07, 6.45) is 2.78. The van der Waals surface area contributed by atoms with E-state index in [9.17, 15) is 0 Å². The van der Waals surface area contributed by atoms with E-state index in [4.69, 9.17) is 0 Å². The summed E-state index contributed by atoms with van der Waals surface area (Å²) >= 11 is 0. The summed E-state index contributed by atoms with van der Waals surface area (Å²) in [5, 5.41) is 3.63. The molecule has 2 rings (SSSR count). The number of benzene rings is 1. The minimum Gasteiger partial charge on any atom is -0.312 e. The van der Waals surface area contributed by atoms with Crippen molar-refractivity contribution in [1.82, 2.24) is 5.32 Å². The molecular weight excluding hydrogens is 230 g/mol. The number of rotatable bonds is 7. The van der Waals surface area contributed by atoms with E-state index in [1.165, 1.54) is 24.0 Å². The summed E-state index contributed by atoms with van der Waals surface area (Å²) in [4.78, 5) is 0. The minimum absolute atomic E-state index is 0.754. The first-order valence-corrected chi connectivity index (χ1v) is 7.87. The fourth-order valence-electron chi connectivity index (χ4n) is 2.95. The molecule has 1 aliphatic rings. The van der Waals surface area contributed by atoms with Crippen molar-refractivity contribution in [2.75, 3.05) is 6.54 Å². The van der Waals surface area contributed by atoms with Gasteiger partial charge in [0.2, 0.25) is 0 Å². The van der Waals surface area contributed by atoms with Gasteiger partial charge < -0.3 is 5.32 Å². The molecule has 0 unspecified atom stereocenters. The van der Waals surface area contributed by atoms with Crippen molar-refractivity contribution in [2.24, 2.45) is 17.8 Å². The Balaban J connectivity index is 1.78. The topological polar surface area (TPSA) is 12.0 Å². The van der Waals surface area contributed by atoms with Crippen molar-refractivity contribution >= 4 is 0 Å². The lowest BCUT2D eigenvalue weighted by Crippen LogP contribution is -2.29. The highest BCUT2D eigenvalue weighted by Gasteiger charge is 2.22. The van der Waals surface area contributed by atoms with Gasteiger partial charge in [-0.1, -0.05) is 52.0 Å². The molecular formula is C18H29N. The molecule has 0 aliphatic heterocycles. The van der Waals surface area contributed by atoms with E-state index >= 15 is 0 Å². The second-order valence-electron chi connectivity index (χ2n) is 6.80. The standard InChI is InChI=1S/C18H29N/c1-13(2)18(14(3)4)12-19-11-15-5-7-16(8-6-15)17-9-10-17/h5-8,13-14,17-19H,9-12H2,1-4H3. The normalized spacial score (nSPS) is 15.7. The summed E-state index contributed by atoms with van der Waals surface area (Å²) in [7, 11) is 0. The van der Waals surface area contributed by atoms with Crippen molar-refractivity contribution in [3.8, 4) is 0 Å². The fraction of sp³-hybridized carbons (Fsp3) is 0.667. The Hall–Kier alpha value is -0.820. The molecule has 1 heteroatoms. The molecule has 1 aromatic rings. The molecule has 1 fully saturated rings. The highest BCUT2D eigenvalue weighted by molar-refractivity contribution is 5.27. The molecule has 0 aromatic heterocycles. The predicted molar refractivity (Wildman–Crippen MR) is 83.3 cm³/mol. The van der Waals surface area contributed by atoms with E-state index in [1.54, 1.807) is 0 Å². The lowest BCUT2D eigenvalue weighted by molar-refractivity contribution is 0.275. The zero-order valence-electron chi connectivity index (χ0n) is 12.9. The van der Waals surface area contributed by atoms with Gasteiger partial charge in [-0.2, -0.15) is 0 Å². The predicted octanol–water partition coefficient (Wildman–Crippen LogP) is 4.58. The molecule has 1 saturated carbocycles. The molecule has 1 N–H and O–H groups in total. The third-order valence-electron chi connectivity index (χ3n) is 4.45. The lowest BCUT2D eigenvalue weighted by atomic mass is 9.85. The van der Waals surface area contributed by atoms with Gasteiger partial charge in [0.15, 0.2) is 0 Å². The third kappa shape index (κ3) is 4.35. The first-order chi connectivity index (χ1) is 9.08. The first-order valence-electron chi connectivity index (χ1n) is 7.87. The van der Waals surface area contributed by atoms with E-state index < -0.39 is 0 Å². The smallest absolute Gasteiger partial charge is 0.0205 e. The van der Waals surface area contributed by atoms with E-state index in [0.29, 0.717) is 0 Å². The van der Waals surface area contributed by atoms with Crippen LogP contribution in [0.2, 0.25) is 0 Å². The first kappa shape index (κ1) is 14.6. The van der Waals surface area contributed by atoms with Crippen LogP contribution in [0.15, 0.2) is 24.3 Å². The highest BCUT2D eigenvalue weighted by Crippen LogP contribution is 2.39. The van der Waals surface area contributed by atoms with Crippen LogP contribution >= 0.6 is 0 Å². The van der Waals surface area contributed by atoms with Gasteiger partial charge in [0, 0.05) is 6.54 Å². The summed E-state index contributed by atoms with van der Waals surface area (Å²) in [6, 6.07) is 9.22. The molecule has 106 valence electrons. The third-order valence-corrected chi connectivity index (χ3v) is 4.45. The maximum Gasteiger partial charge on any atom is 0.0205 e. The highest BCUT2D eigenvalue weighted by atomic mass is 14.9. The summed E-state index contributed by atoms with van der Waals surface area (Å²) in [5.74, 6) is 3.15. The van der Waals surface area contributed by atoms with Crippen molar-refractivity contribution in [2.45, 2.75) is 53.0 Å². The molecule has 0 saturated heterocycles. The molecule has 0 amide bonds. The molecule has 0 heterocycles. The van der Waals surface area contributed by atoms with Crippen LogP contribution in [0.1, 0.15) is 57.6 Å². The van der Waals surface area contributed by atoms with Crippen LogP contribution in [-0.4, -0.2) is 6.54 Å². The second kappa shape index (κ2) is 6.56. The zero-order chi connectivity index (χ0) is 13.8. The minimum atomic E-state index is 0.754. The molecule has 1 aromatic carbocycles. The Kier molecular flexibility index (Phi) is 5.04. The van der Waals surface area contributed by atoms with Gasteiger partial charge in [-0.25, -0.2) is 0 Å². The van der Waals surface area contributed by atoms with Gasteiger partial charge in [-0.05, 0) is 54.2 Å². The van der Waals surface area contributed by atoms with Gasteiger partial charge in [0.25, 0.3) is 0 Å². The van der Waals surface area contributed by atoms with Gasteiger partial charge >= 0.3 is 0 Å². The maximum absolute atomic E-state index is 3.63. The van der Waals surface area contributed by atoms with Gasteiger partial charge in [0.1, 0.15) is 0 Å². The van der Waals surface area contributed by atoms with Crippen LogP contribution in [0.3, 0.4) is 0 Å². The van der Waals surface area contributed by atoms with E-state index in [0.717, 1.165) is 36.8 Å². The van der Waals surface area contributed by atoms with Crippen molar-refractivity contribution in [1.29, 1.82) is 0 Å². The zero-order valence-corrected chi connectivity index (χ0v) is 12.9. The largest absolute Gasteiger partial charge is 0.312 e. The summed E-state index contributed by atoms with van der Waals surface area (Å²) in [6.45, 7) is 11.4. The van der Waals surface area contributed by atoms with Gasteiger partial charge in [-0.3, -0.25) is 0 Å². The Labute approximate surface area is 118 Å². The Morgan fingerprint density at radius 2 is 1.58 bits per heavy atom. The molecule has 0 radical (unpaired) electrons. The van der Waals surface area contributed by atoms with Crippen LogP contribution in [-0.2, 0) is 6.54 Å². The molecule has 0 atom stereocenters. The monoisotopic (exact) mass is 259 g/mol. The van der Waals surface area contributed by atoms with E-state index in [-0.39, 0.29) is 0 Å². The van der Waals surface area contributed by atoms with E-state index in [2.05, 4.69) is 57.3 Å². The Bertz CT molecular complexity index is 365. The molecule has 1 nitrogen and oxygen atoms in total. The van der Waals surface area contributed by atoms with Gasteiger partial charge in [0.05, 0.1) is 0 Å². The fourth-order valence-corrected chi connectivity index (χ4v) is 2.95. The van der Waals surface area contributed by atoms with Crippen LogP contribution < -0.4 is 5.32 Å². The number of nitrogens with one attached hydrogen (secondary N) is 1. The maximum atomic E-state index is 3.63. The molecule has 19 heavy (non-hydrogen) atoms.